The quantitative estimate of drug-likeness (QED) is 0.470. The first kappa shape index (κ1) is 17.2. The van der Waals surface area contributed by atoms with Gasteiger partial charge in [0.25, 0.3) is 5.69 Å². The number of nitro benzene ring substituents is 1. The molecule has 0 aromatic heterocycles. The summed E-state index contributed by atoms with van der Waals surface area (Å²) < 4.78 is 10.2. The van der Waals surface area contributed by atoms with Crippen LogP contribution in [0.4, 0.5) is 5.69 Å². The molecule has 8 heteroatoms. The fourth-order valence-corrected chi connectivity index (χ4v) is 1.72. The average molecular weight is 317 g/mol. The van der Waals surface area contributed by atoms with Crippen LogP contribution in [0.5, 0.6) is 5.75 Å². The lowest BCUT2D eigenvalue weighted by Crippen LogP contribution is -2.47. The zero-order valence-electron chi connectivity index (χ0n) is 11.8. The molecule has 0 aliphatic rings. The van der Waals surface area contributed by atoms with Crippen LogP contribution in [-0.2, 0) is 9.53 Å². The highest BCUT2D eigenvalue weighted by atomic mass is 35.5. The molecule has 0 fully saturated rings. The molecule has 1 aromatic carbocycles. The van der Waals surface area contributed by atoms with Crippen LogP contribution in [0.2, 0.25) is 5.02 Å². The molecule has 7 nitrogen and oxygen atoms in total. The number of halogens is 1. The first-order chi connectivity index (χ1) is 9.77. The highest BCUT2D eigenvalue weighted by Gasteiger charge is 2.29. The van der Waals surface area contributed by atoms with E-state index < -0.39 is 16.4 Å². The Bertz CT molecular complexity index is 533. The van der Waals surface area contributed by atoms with E-state index in [1.807, 2.05) is 0 Å². The van der Waals surface area contributed by atoms with Crippen LogP contribution in [-0.4, -0.2) is 29.6 Å². The van der Waals surface area contributed by atoms with Gasteiger partial charge in [0.05, 0.1) is 23.2 Å². The molecule has 0 aliphatic carbocycles. The van der Waals surface area contributed by atoms with Gasteiger partial charge in [0.15, 0.2) is 0 Å². The molecule has 116 valence electrons. The molecular formula is C13H17ClN2O5. The molecule has 0 saturated heterocycles. The van der Waals surface area contributed by atoms with Gasteiger partial charge in [0.1, 0.15) is 11.3 Å². The first-order valence-electron chi connectivity index (χ1n) is 6.30. The Morgan fingerprint density at radius 1 is 1.52 bits per heavy atom. The van der Waals surface area contributed by atoms with Gasteiger partial charge in [-0.15, -0.1) is 0 Å². The molecule has 1 unspecified atom stereocenters. The number of nitro groups is 1. The van der Waals surface area contributed by atoms with E-state index in [9.17, 15) is 14.9 Å². The van der Waals surface area contributed by atoms with Gasteiger partial charge in [0.2, 0.25) is 0 Å². The van der Waals surface area contributed by atoms with E-state index in [1.54, 1.807) is 13.8 Å². The highest BCUT2D eigenvalue weighted by Crippen LogP contribution is 2.29. The zero-order chi connectivity index (χ0) is 16.0. The van der Waals surface area contributed by atoms with Gasteiger partial charge >= 0.3 is 5.97 Å². The van der Waals surface area contributed by atoms with E-state index in [4.69, 9.17) is 26.8 Å². The van der Waals surface area contributed by atoms with Gasteiger partial charge in [-0.3, -0.25) is 14.9 Å². The molecule has 2 N–H and O–H groups in total. The second kappa shape index (κ2) is 7.24. The smallest absolute Gasteiger partial charge is 0.325 e. The number of benzene rings is 1. The standard InChI is InChI=1S/C13H17ClN2O5/c1-3-20-12(17)13(2,15)6-7-21-11-5-4-9(16(18)19)8-10(11)14/h4-5,8H,3,6-7,15H2,1-2H3. The predicted octanol–water partition coefficient (Wildman–Crippen LogP) is 2.30. The SMILES string of the molecule is CCOC(=O)C(C)(N)CCOc1ccc([N+](=O)[O-])cc1Cl. The lowest BCUT2D eigenvalue weighted by molar-refractivity contribution is -0.384. The van der Waals surface area contributed by atoms with Crippen molar-refractivity contribution < 1.29 is 19.2 Å². The molecular weight excluding hydrogens is 300 g/mol. The summed E-state index contributed by atoms with van der Waals surface area (Å²) in [5.41, 5.74) is 4.55. The second-order valence-corrected chi connectivity index (χ2v) is 5.02. The summed E-state index contributed by atoms with van der Waals surface area (Å²) in [4.78, 5) is 21.6. The minimum absolute atomic E-state index is 0.123. The Balaban J connectivity index is 2.60. The normalized spacial score (nSPS) is 13.3. The van der Waals surface area contributed by atoms with Crippen molar-refractivity contribution in [2.75, 3.05) is 13.2 Å². The lowest BCUT2D eigenvalue weighted by Gasteiger charge is -2.22. The number of carbonyl (C=O) groups excluding carboxylic acids is 1. The van der Waals surface area contributed by atoms with Crippen molar-refractivity contribution in [1.82, 2.24) is 0 Å². The molecule has 0 saturated carbocycles. The van der Waals surface area contributed by atoms with Crippen LogP contribution in [0.3, 0.4) is 0 Å². The molecule has 0 amide bonds. The Hall–Kier alpha value is -1.86. The van der Waals surface area contributed by atoms with Crippen molar-refractivity contribution in [1.29, 1.82) is 0 Å². The molecule has 0 aliphatic heterocycles. The number of carbonyl (C=O) groups is 1. The average Bonchev–Trinajstić information content (AvgIpc) is 2.40. The fraction of sp³-hybridized carbons (Fsp3) is 0.462. The topological polar surface area (TPSA) is 105 Å². The molecule has 0 bridgehead atoms. The Morgan fingerprint density at radius 3 is 2.71 bits per heavy atom. The molecule has 0 spiro atoms. The van der Waals surface area contributed by atoms with Crippen LogP contribution >= 0.6 is 11.6 Å². The van der Waals surface area contributed by atoms with Crippen molar-refractivity contribution in [3.63, 3.8) is 0 Å². The van der Waals surface area contributed by atoms with Crippen molar-refractivity contribution in [2.24, 2.45) is 5.73 Å². The first-order valence-corrected chi connectivity index (χ1v) is 6.68. The van der Waals surface area contributed by atoms with Crippen LogP contribution < -0.4 is 10.5 Å². The third kappa shape index (κ3) is 4.87. The van der Waals surface area contributed by atoms with Gasteiger partial charge in [-0.05, 0) is 19.9 Å². The fourth-order valence-electron chi connectivity index (χ4n) is 1.49. The number of nitrogens with zero attached hydrogens (tertiary/aromatic N) is 1. The van der Waals surface area contributed by atoms with Gasteiger partial charge in [-0.25, -0.2) is 0 Å². The minimum Gasteiger partial charge on any atom is -0.492 e. The van der Waals surface area contributed by atoms with Crippen LogP contribution in [0, 0.1) is 10.1 Å². The molecule has 0 radical (unpaired) electrons. The predicted molar refractivity (Wildman–Crippen MR) is 77.4 cm³/mol. The van der Waals surface area contributed by atoms with Crippen LogP contribution in [0.1, 0.15) is 20.3 Å². The summed E-state index contributed by atoms with van der Waals surface area (Å²) in [6.45, 7) is 3.62. The number of esters is 1. The number of non-ortho nitro benzene ring substituents is 1. The number of rotatable bonds is 7. The van der Waals surface area contributed by atoms with Crippen molar-refractivity contribution in [3.8, 4) is 5.75 Å². The van der Waals surface area contributed by atoms with Gasteiger partial charge < -0.3 is 15.2 Å². The number of hydrogen-bond donors (Lipinski definition) is 1. The maximum absolute atomic E-state index is 11.6. The summed E-state index contributed by atoms with van der Waals surface area (Å²) in [7, 11) is 0. The van der Waals surface area contributed by atoms with Gasteiger partial charge in [0, 0.05) is 18.6 Å². The molecule has 0 heterocycles. The second-order valence-electron chi connectivity index (χ2n) is 4.61. The lowest BCUT2D eigenvalue weighted by atomic mass is 10.0. The summed E-state index contributed by atoms with van der Waals surface area (Å²) in [6, 6.07) is 3.89. The Kier molecular flexibility index (Phi) is 5.92. The minimum atomic E-state index is -1.16. The van der Waals surface area contributed by atoms with Crippen LogP contribution in [0.15, 0.2) is 18.2 Å². The van der Waals surface area contributed by atoms with Crippen molar-refractivity contribution in [3.05, 3.63) is 33.3 Å². The number of nitrogens with two attached hydrogens (primary N) is 1. The monoisotopic (exact) mass is 316 g/mol. The van der Waals surface area contributed by atoms with E-state index in [1.165, 1.54) is 18.2 Å². The van der Waals surface area contributed by atoms with Crippen LogP contribution in [0.25, 0.3) is 0 Å². The van der Waals surface area contributed by atoms with E-state index in [0.29, 0.717) is 5.75 Å². The third-order valence-electron chi connectivity index (χ3n) is 2.75. The number of hydrogen-bond acceptors (Lipinski definition) is 6. The van der Waals surface area contributed by atoms with Crippen molar-refractivity contribution in [2.45, 2.75) is 25.8 Å². The maximum atomic E-state index is 11.6. The summed E-state index contributed by atoms with van der Waals surface area (Å²) in [6.07, 6.45) is 0.221. The molecule has 1 atom stereocenters. The largest absolute Gasteiger partial charge is 0.492 e. The van der Waals surface area contributed by atoms with Gasteiger partial charge in [-0.1, -0.05) is 11.6 Å². The summed E-state index contributed by atoms with van der Waals surface area (Å²) in [5.74, 6) is -0.217. The summed E-state index contributed by atoms with van der Waals surface area (Å²) >= 11 is 5.88. The number of ether oxygens (including phenoxy) is 2. The van der Waals surface area contributed by atoms with E-state index in [2.05, 4.69) is 0 Å². The maximum Gasteiger partial charge on any atom is 0.325 e. The Labute approximate surface area is 127 Å². The summed E-state index contributed by atoms with van der Waals surface area (Å²) in [5, 5.41) is 10.7. The molecule has 1 rings (SSSR count). The van der Waals surface area contributed by atoms with E-state index >= 15 is 0 Å². The van der Waals surface area contributed by atoms with E-state index in [0.717, 1.165) is 0 Å². The zero-order valence-corrected chi connectivity index (χ0v) is 12.6. The van der Waals surface area contributed by atoms with Crippen molar-refractivity contribution >= 4 is 23.3 Å². The van der Waals surface area contributed by atoms with Gasteiger partial charge in [-0.2, -0.15) is 0 Å². The third-order valence-corrected chi connectivity index (χ3v) is 3.04. The molecule has 21 heavy (non-hydrogen) atoms. The highest BCUT2D eigenvalue weighted by molar-refractivity contribution is 6.32. The molecule has 1 aromatic rings. The van der Waals surface area contributed by atoms with E-state index in [-0.39, 0.29) is 30.3 Å². The Morgan fingerprint density at radius 2 is 2.19 bits per heavy atom.